The predicted molar refractivity (Wildman–Crippen MR) is 85.1 cm³/mol. The normalized spacial score (nSPS) is 15.1. The van der Waals surface area contributed by atoms with Gasteiger partial charge in [-0.05, 0) is 30.0 Å². The van der Waals surface area contributed by atoms with Gasteiger partial charge in [0.2, 0.25) is 0 Å². The van der Waals surface area contributed by atoms with Crippen molar-refractivity contribution in [1.82, 2.24) is 0 Å². The summed E-state index contributed by atoms with van der Waals surface area (Å²) >= 11 is 3.41. The van der Waals surface area contributed by atoms with Gasteiger partial charge in [0.1, 0.15) is 0 Å². The third kappa shape index (κ3) is 3.18. The Bertz CT molecular complexity index is 525. The van der Waals surface area contributed by atoms with Crippen molar-refractivity contribution in [2.45, 2.75) is 6.92 Å². The van der Waals surface area contributed by atoms with Crippen LogP contribution in [0.15, 0.2) is 53.0 Å². The highest BCUT2D eigenvalue weighted by Gasteiger charge is 2.35. The molecular weight excluding hydrogens is 316 g/mol. The summed E-state index contributed by atoms with van der Waals surface area (Å²) in [5, 5.41) is 0. The second kappa shape index (κ2) is 6.18. The number of aryl methyl sites for hydroxylation is 1. The SMILES string of the molecule is Cc1ccc(B2O[B]OB(c3ccc(Br)cc3)O2)cc1. The highest BCUT2D eigenvalue weighted by molar-refractivity contribution is 9.10. The van der Waals surface area contributed by atoms with Gasteiger partial charge < -0.3 is 13.7 Å². The molecule has 20 heavy (non-hydrogen) atoms. The van der Waals surface area contributed by atoms with Crippen molar-refractivity contribution in [2.24, 2.45) is 0 Å². The molecule has 0 aliphatic carbocycles. The van der Waals surface area contributed by atoms with Crippen molar-refractivity contribution in [1.29, 1.82) is 0 Å². The molecule has 7 heteroatoms. The van der Waals surface area contributed by atoms with Crippen LogP contribution in [-0.2, 0) is 13.7 Å². The predicted octanol–water partition coefficient (Wildman–Crippen LogP) is 1.45. The molecule has 2 aromatic carbocycles. The summed E-state index contributed by atoms with van der Waals surface area (Å²) in [5.74, 6) is 0. The topological polar surface area (TPSA) is 27.7 Å². The smallest absolute Gasteiger partial charge is 0.451 e. The van der Waals surface area contributed by atoms with Gasteiger partial charge in [-0.15, -0.1) is 0 Å². The first-order valence-corrected chi connectivity index (χ1v) is 7.12. The second-order valence-electron chi connectivity index (χ2n) is 4.63. The number of hydrogen-bond donors (Lipinski definition) is 0. The van der Waals surface area contributed by atoms with Crippen LogP contribution in [0.1, 0.15) is 5.56 Å². The zero-order chi connectivity index (χ0) is 13.9. The van der Waals surface area contributed by atoms with Gasteiger partial charge in [0.05, 0.1) is 0 Å². The first kappa shape index (κ1) is 14.0. The first-order valence-electron chi connectivity index (χ1n) is 6.32. The Morgan fingerprint density at radius 2 is 1.35 bits per heavy atom. The Balaban J connectivity index is 1.76. The van der Waals surface area contributed by atoms with Crippen molar-refractivity contribution in [3.05, 3.63) is 58.6 Å². The monoisotopic (exact) mass is 327 g/mol. The fourth-order valence-corrected chi connectivity index (χ4v) is 2.23. The number of benzene rings is 2. The van der Waals surface area contributed by atoms with Crippen molar-refractivity contribution in [2.75, 3.05) is 0 Å². The molecule has 1 saturated heterocycles. The summed E-state index contributed by atoms with van der Waals surface area (Å²) in [7, 11) is 0.446. The quantitative estimate of drug-likeness (QED) is 0.782. The van der Waals surface area contributed by atoms with Gasteiger partial charge >= 0.3 is 21.9 Å². The standard InChI is InChI=1S/C13H11B3BrO3/c1-10-2-4-11(5-3-10)15-18-14-19-16(20-15)12-6-8-13(17)9-7-12/h2-9H,1H3. The minimum Gasteiger partial charge on any atom is -0.451 e. The molecule has 0 bridgehead atoms. The third-order valence-electron chi connectivity index (χ3n) is 3.10. The lowest BCUT2D eigenvalue weighted by molar-refractivity contribution is 0.321. The van der Waals surface area contributed by atoms with E-state index in [2.05, 4.69) is 15.9 Å². The number of rotatable bonds is 2. The zero-order valence-electron chi connectivity index (χ0n) is 11.0. The van der Waals surface area contributed by atoms with E-state index >= 15 is 0 Å². The molecule has 0 amide bonds. The van der Waals surface area contributed by atoms with Crippen LogP contribution in [-0.4, -0.2) is 21.9 Å². The van der Waals surface area contributed by atoms with Gasteiger partial charge in [-0.2, -0.15) is 0 Å². The lowest BCUT2D eigenvalue weighted by atomic mass is 9.67. The summed E-state index contributed by atoms with van der Waals surface area (Å²) in [6, 6.07) is 15.9. The van der Waals surface area contributed by atoms with E-state index in [4.69, 9.17) is 13.7 Å². The summed E-state index contributed by atoms with van der Waals surface area (Å²) < 4.78 is 17.7. The molecule has 0 saturated carbocycles. The molecule has 1 heterocycles. The van der Waals surface area contributed by atoms with Crippen LogP contribution in [0.25, 0.3) is 0 Å². The van der Waals surface area contributed by atoms with E-state index in [1.54, 1.807) is 0 Å². The second-order valence-corrected chi connectivity index (χ2v) is 5.55. The summed E-state index contributed by atoms with van der Waals surface area (Å²) in [6.45, 7) is 2.05. The van der Waals surface area contributed by atoms with Gasteiger partial charge in [0, 0.05) is 4.47 Å². The van der Waals surface area contributed by atoms with Gasteiger partial charge in [0.15, 0.2) is 0 Å². The molecule has 2 aromatic rings. The minimum absolute atomic E-state index is 0.446. The van der Waals surface area contributed by atoms with Crippen LogP contribution in [0.4, 0.5) is 0 Å². The van der Waals surface area contributed by atoms with Crippen LogP contribution >= 0.6 is 15.9 Å². The number of hydrogen-bond acceptors (Lipinski definition) is 3. The van der Waals surface area contributed by atoms with Crippen LogP contribution in [0, 0.1) is 6.92 Å². The molecular formula is C13H11B3BrO3. The molecule has 0 N–H and O–H groups in total. The van der Waals surface area contributed by atoms with Crippen molar-refractivity contribution < 1.29 is 13.7 Å². The van der Waals surface area contributed by atoms with Gasteiger partial charge in [0.25, 0.3) is 0 Å². The van der Waals surface area contributed by atoms with E-state index in [1.807, 2.05) is 55.5 Å². The molecule has 1 fully saturated rings. The summed E-state index contributed by atoms with van der Waals surface area (Å²) in [6.07, 6.45) is 0. The minimum atomic E-state index is -0.455. The highest BCUT2D eigenvalue weighted by atomic mass is 79.9. The molecule has 0 aromatic heterocycles. The van der Waals surface area contributed by atoms with Crippen LogP contribution in [0.5, 0.6) is 0 Å². The molecule has 0 unspecified atom stereocenters. The summed E-state index contributed by atoms with van der Waals surface area (Å²) in [4.78, 5) is 0. The largest absolute Gasteiger partial charge is 0.466 e. The maximum absolute atomic E-state index is 5.85. The Morgan fingerprint density at radius 3 is 1.90 bits per heavy atom. The molecule has 1 aliphatic rings. The fraction of sp³-hybridized carbons (Fsp3) is 0.0769. The zero-order valence-corrected chi connectivity index (χ0v) is 12.5. The molecule has 0 atom stereocenters. The van der Waals surface area contributed by atoms with Crippen LogP contribution in [0.3, 0.4) is 0 Å². The van der Waals surface area contributed by atoms with Gasteiger partial charge in [-0.1, -0.05) is 57.9 Å². The van der Waals surface area contributed by atoms with Crippen molar-refractivity contribution >= 4 is 48.8 Å². The Hall–Kier alpha value is -1.01. The lowest BCUT2D eigenvalue weighted by Gasteiger charge is -2.25. The maximum atomic E-state index is 5.85. The van der Waals surface area contributed by atoms with Gasteiger partial charge in [-0.3, -0.25) is 0 Å². The number of halogens is 1. The fourth-order valence-electron chi connectivity index (χ4n) is 1.97. The Morgan fingerprint density at radius 1 is 0.850 bits per heavy atom. The third-order valence-corrected chi connectivity index (χ3v) is 3.63. The molecule has 1 radical (unpaired) electrons. The van der Waals surface area contributed by atoms with Gasteiger partial charge in [-0.25, -0.2) is 0 Å². The Labute approximate surface area is 128 Å². The molecule has 0 spiro atoms. The van der Waals surface area contributed by atoms with E-state index in [9.17, 15) is 0 Å². The first-order chi connectivity index (χ1) is 9.72. The summed E-state index contributed by atoms with van der Waals surface area (Å²) in [5.41, 5.74) is 3.12. The van der Waals surface area contributed by atoms with Crippen LogP contribution in [0.2, 0.25) is 0 Å². The Kier molecular flexibility index (Phi) is 4.31. The molecule has 97 valence electrons. The van der Waals surface area contributed by atoms with E-state index in [-0.39, 0.29) is 0 Å². The van der Waals surface area contributed by atoms with E-state index < -0.39 is 14.2 Å². The molecule has 3 nitrogen and oxygen atoms in total. The van der Waals surface area contributed by atoms with E-state index in [1.165, 1.54) is 13.2 Å². The highest BCUT2D eigenvalue weighted by Crippen LogP contribution is 2.09. The average Bonchev–Trinajstić information content (AvgIpc) is 2.49. The van der Waals surface area contributed by atoms with Crippen molar-refractivity contribution in [3.63, 3.8) is 0 Å². The lowest BCUT2D eigenvalue weighted by Crippen LogP contribution is -2.54. The average molecular weight is 328 g/mol. The van der Waals surface area contributed by atoms with E-state index in [0.29, 0.717) is 0 Å². The van der Waals surface area contributed by atoms with Crippen LogP contribution < -0.4 is 10.9 Å². The molecule has 3 rings (SSSR count). The molecule has 1 aliphatic heterocycles. The van der Waals surface area contributed by atoms with E-state index in [0.717, 1.165) is 15.4 Å². The maximum Gasteiger partial charge on any atom is 0.466 e. The van der Waals surface area contributed by atoms with Crippen molar-refractivity contribution in [3.8, 4) is 0 Å².